The third-order valence-corrected chi connectivity index (χ3v) is 2.17. The van der Waals surface area contributed by atoms with Crippen LogP contribution in [-0.2, 0) is 11.2 Å². The molecule has 0 amide bonds. The van der Waals surface area contributed by atoms with Crippen LogP contribution >= 0.6 is 0 Å². The van der Waals surface area contributed by atoms with Crippen molar-refractivity contribution in [1.29, 1.82) is 0 Å². The molecule has 0 aliphatic heterocycles. The maximum absolute atomic E-state index is 11.2. The van der Waals surface area contributed by atoms with E-state index in [0.29, 0.717) is 0 Å². The minimum Gasteiger partial charge on any atom is -0.507 e. The number of aliphatic hydroxyl groups excluding tert-OH is 1. The molecule has 0 fully saturated rings. The van der Waals surface area contributed by atoms with Crippen LogP contribution in [0.4, 0.5) is 0 Å². The fourth-order valence-electron chi connectivity index (χ4n) is 1.33. The lowest BCUT2D eigenvalue weighted by Crippen LogP contribution is -2.16. The zero-order valence-electron chi connectivity index (χ0n) is 9.19. The summed E-state index contributed by atoms with van der Waals surface area (Å²) in [6, 6.07) is 1.28. The molecule has 1 heterocycles. The predicted octanol–water partition coefficient (Wildman–Crippen LogP) is 0.536. The third kappa shape index (κ3) is 3.20. The average molecular weight is 226 g/mol. The van der Waals surface area contributed by atoms with Gasteiger partial charge in [-0.1, -0.05) is 0 Å². The van der Waals surface area contributed by atoms with Gasteiger partial charge in [-0.25, -0.2) is 4.79 Å². The third-order valence-electron chi connectivity index (χ3n) is 2.17. The molecule has 1 aromatic heterocycles. The summed E-state index contributed by atoms with van der Waals surface area (Å²) in [5.74, 6) is -0.144. The van der Waals surface area contributed by atoms with Crippen LogP contribution in [0.25, 0.3) is 0 Å². The van der Waals surface area contributed by atoms with E-state index in [-0.39, 0.29) is 35.7 Å². The van der Waals surface area contributed by atoms with Crippen LogP contribution in [0.15, 0.2) is 15.3 Å². The van der Waals surface area contributed by atoms with Gasteiger partial charge in [-0.3, -0.25) is 4.79 Å². The quantitative estimate of drug-likeness (QED) is 0.782. The molecule has 0 aliphatic rings. The monoisotopic (exact) mass is 226 g/mol. The lowest BCUT2D eigenvalue weighted by atomic mass is 10.1. The molecule has 1 aromatic rings. The first-order chi connectivity index (χ1) is 7.40. The van der Waals surface area contributed by atoms with Gasteiger partial charge in [0.1, 0.15) is 17.3 Å². The number of rotatable bonds is 4. The first-order valence-corrected chi connectivity index (χ1v) is 4.90. The Labute approximate surface area is 92.3 Å². The summed E-state index contributed by atoms with van der Waals surface area (Å²) in [5.41, 5.74) is -0.505. The van der Waals surface area contributed by atoms with Gasteiger partial charge in [0, 0.05) is 18.9 Å². The second-order valence-corrected chi connectivity index (χ2v) is 3.77. The van der Waals surface area contributed by atoms with E-state index < -0.39 is 11.7 Å². The molecular weight excluding hydrogens is 212 g/mol. The van der Waals surface area contributed by atoms with Gasteiger partial charge in [-0.2, -0.15) is 0 Å². The van der Waals surface area contributed by atoms with Gasteiger partial charge in [0.25, 0.3) is 0 Å². The molecule has 0 saturated carbocycles. The summed E-state index contributed by atoms with van der Waals surface area (Å²) >= 11 is 0. The molecule has 0 unspecified atom stereocenters. The largest absolute Gasteiger partial charge is 0.507 e. The van der Waals surface area contributed by atoms with Crippen LogP contribution in [0, 0.1) is 6.92 Å². The number of carbonyl (C=O) groups excluding carboxylic acids is 1. The van der Waals surface area contributed by atoms with Gasteiger partial charge in [0.2, 0.25) is 0 Å². The van der Waals surface area contributed by atoms with E-state index in [9.17, 15) is 19.8 Å². The van der Waals surface area contributed by atoms with E-state index in [2.05, 4.69) is 0 Å². The molecule has 2 N–H and O–H groups in total. The van der Waals surface area contributed by atoms with E-state index >= 15 is 0 Å². The second kappa shape index (κ2) is 4.94. The maximum Gasteiger partial charge on any atom is 0.342 e. The number of hydrogen-bond donors (Lipinski definition) is 2. The average Bonchev–Trinajstić information content (AvgIpc) is 2.12. The van der Waals surface area contributed by atoms with Crippen molar-refractivity contribution in [2.24, 2.45) is 0 Å². The van der Waals surface area contributed by atoms with Crippen LogP contribution in [0.3, 0.4) is 0 Å². The van der Waals surface area contributed by atoms with Crippen molar-refractivity contribution >= 4 is 5.78 Å². The van der Waals surface area contributed by atoms with Gasteiger partial charge < -0.3 is 14.6 Å². The normalized spacial score (nSPS) is 12.4. The van der Waals surface area contributed by atoms with Gasteiger partial charge in [-0.15, -0.1) is 0 Å². The SMILES string of the molecule is CC(=O)C[C@H](O)Cc1cc(O)c(C)c(=O)o1. The van der Waals surface area contributed by atoms with E-state index in [1.54, 1.807) is 0 Å². The standard InChI is InChI=1S/C11H14O5/c1-6(12)3-8(13)4-9-5-10(14)7(2)11(15)16-9/h5,8,13-14H,3-4H2,1-2H3/t8-/m0/s1. The highest BCUT2D eigenvalue weighted by Crippen LogP contribution is 2.15. The molecule has 1 rings (SSSR count). The number of ketones is 1. The summed E-state index contributed by atoms with van der Waals surface area (Å²) in [5, 5.41) is 18.8. The molecule has 0 aromatic carbocycles. The van der Waals surface area contributed by atoms with Gasteiger partial charge in [0.15, 0.2) is 0 Å². The molecule has 16 heavy (non-hydrogen) atoms. The van der Waals surface area contributed by atoms with Crippen LogP contribution in [0.5, 0.6) is 5.75 Å². The predicted molar refractivity (Wildman–Crippen MR) is 56.4 cm³/mol. The number of Topliss-reactive ketones (excluding diaryl/α,β-unsaturated/α-hetero) is 1. The number of aliphatic hydroxyl groups is 1. The van der Waals surface area contributed by atoms with Crippen LogP contribution in [-0.4, -0.2) is 22.1 Å². The fraction of sp³-hybridized carbons (Fsp3) is 0.455. The number of hydrogen-bond acceptors (Lipinski definition) is 5. The van der Waals surface area contributed by atoms with Crippen molar-refractivity contribution in [3.05, 3.63) is 27.8 Å². The maximum atomic E-state index is 11.2. The highest BCUT2D eigenvalue weighted by atomic mass is 16.4. The first-order valence-electron chi connectivity index (χ1n) is 4.90. The van der Waals surface area contributed by atoms with Crippen molar-refractivity contribution < 1.29 is 19.4 Å². The molecule has 5 nitrogen and oxygen atoms in total. The molecule has 0 aliphatic carbocycles. The topological polar surface area (TPSA) is 87.7 Å². The Hall–Kier alpha value is -1.62. The Kier molecular flexibility index (Phi) is 3.84. The minimum absolute atomic E-state index is 0.00164. The Morgan fingerprint density at radius 2 is 2.19 bits per heavy atom. The lowest BCUT2D eigenvalue weighted by molar-refractivity contribution is -0.118. The molecule has 0 saturated heterocycles. The Bertz CT molecular complexity index is 446. The summed E-state index contributed by atoms with van der Waals surface area (Å²) in [4.78, 5) is 21.9. The van der Waals surface area contributed by atoms with Crippen molar-refractivity contribution in [3.8, 4) is 5.75 Å². The van der Waals surface area contributed by atoms with Crippen LogP contribution in [0.1, 0.15) is 24.7 Å². The molecule has 0 radical (unpaired) electrons. The Morgan fingerprint density at radius 3 is 2.69 bits per heavy atom. The molecule has 1 atom stereocenters. The van der Waals surface area contributed by atoms with Crippen LogP contribution in [0.2, 0.25) is 0 Å². The van der Waals surface area contributed by atoms with E-state index in [1.807, 2.05) is 0 Å². The molecule has 5 heteroatoms. The lowest BCUT2D eigenvalue weighted by Gasteiger charge is -2.07. The summed E-state index contributed by atoms with van der Waals surface area (Å²) in [6.45, 7) is 2.81. The van der Waals surface area contributed by atoms with E-state index in [0.717, 1.165) is 0 Å². The van der Waals surface area contributed by atoms with Crippen molar-refractivity contribution in [1.82, 2.24) is 0 Å². The summed E-state index contributed by atoms with van der Waals surface area (Å²) in [7, 11) is 0. The minimum atomic E-state index is -0.900. The molecular formula is C11H14O5. The molecule has 0 bridgehead atoms. The van der Waals surface area contributed by atoms with Gasteiger partial charge in [-0.05, 0) is 13.8 Å². The van der Waals surface area contributed by atoms with Crippen molar-refractivity contribution in [2.75, 3.05) is 0 Å². The van der Waals surface area contributed by atoms with E-state index in [1.165, 1.54) is 19.9 Å². The number of aromatic hydroxyl groups is 1. The Balaban J connectivity index is 2.82. The van der Waals surface area contributed by atoms with Gasteiger partial charge in [0.05, 0.1) is 11.7 Å². The van der Waals surface area contributed by atoms with Crippen molar-refractivity contribution in [2.45, 2.75) is 32.8 Å². The zero-order chi connectivity index (χ0) is 12.3. The molecule has 0 spiro atoms. The highest BCUT2D eigenvalue weighted by molar-refractivity contribution is 5.75. The highest BCUT2D eigenvalue weighted by Gasteiger charge is 2.13. The van der Waals surface area contributed by atoms with Crippen molar-refractivity contribution in [3.63, 3.8) is 0 Å². The van der Waals surface area contributed by atoms with E-state index in [4.69, 9.17) is 4.42 Å². The Morgan fingerprint density at radius 1 is 1.56 bits per heavy atom. The van der Waals surface area contributed by atoms with Crippen LogP contribution < -0.4 is 5.63 Å². The first kappa shape index (κ1) is 12.4. The molecule has 88 valence electrons. The summed E-state index contributed by atoms with van der Waals surface area (Å²) < 4.78 is 4.85. The summed E-state index contributed by atoms with van der Waals surface area (Å²) in [6.07, 6.45) is -0.871. The fourth-order valence-corrected chi connectivity index (χ4v) is 1.33. The second-order valence-electron chi connectivity index (χ2n) is 3.77. The smallest absolute Gasteiger partial charge is 0.342 e. The van der Waals surface area contributed by atoms with Gasteiger partial charge >= 0.3 is 5.63 Å². The number of carbonyl (C=O) groups is 1. The zero-order valence-corrected chi connectivity index (χ0v) is 9.19.